The van der Waals surface area contributed by atoms with Crippen LogP contribution in [0, 0.1) is 11.6 Å². The molecule has 26 heavy (non-hydrogen) atoms. The van der Waals surface area contributed by atoms with Crippen LogP contribution in [0.1, 0.15) is 33.6 Å². The molecule has 0 saturated carbocycles. The number of thiophene rings is 1. The molecule has 0 aliphatic heterocycles. The van der Waals surface area contributed by atoms with Gasteiger partial charge in [0.05, 0.1) is 24.9 Å². The minimum atomic E-state index is -0.652. The van der Waals surface area contributed by atoms with Gasteiger partial charge >= 0.3 is 5.97 Å². The van der Waals surface area contributed by atoms with Crippen molar-refractivity contribution in [2.24, 2.45) is 0 Å². The Kier molecular flexibility index (Phi) is 5.51. The zero-order valence-electron chi connectivity index (χ0n) is 14.2. The van der Waals surface area contributed by atoms with Crippen molar-refractivity contribution >= 4 is 33.9 Å². The van der Waals surface area contributed by atoms with E-state index in [9.17, 15) is 18.4 Å². The van der Waals surface area contributed by atoms with Crippen LogP contribution < -0.4 is 10.6 Å². The Balaban J connectivity index is 1.74. The number of rotatable bonds is 5. The molecule has 8 heteroatoms. The first-order valence-electron chi connectivity index (χ1n) is 8.21. The van der Waals surface area contributed by atoms with E-state index >= 15 is 0 Å². The highest BCUT2D eigenvalue weighted by Gasteiger charge is 2.26. The van der Waals surface area contributed by atoms with Gasteiger partial charge in [-0.1, -0.05) is 0 Å². The van der Waals surface area contributed by atoms with Crippen molar-refractivity contribution in [1.82, 2.24) is 0 Å². The van der Waals surface area contributed by atoms with Crippen LogP contribution in [0.5, 0.6) is 0 Å². The zero-order valence-corrected chi connectivity index (χ0v) is 15.0. The first-order chi connectivity index (χ1) is 12.5. The van der Waals surface area contributed by atoms with Gasteiger partial charge in [0.25, 0.3) is 0 Å². The zero-order chi connectivity index (χ0) is 18.7. The molecule has 1 aliphatic carbocycles. The van der Waals surface area contributed by atoms with Gasteiger partial charge in [0.2, 0.25) is 5.91 Å². The summed E-state index contributed by atoms with van der Waals surface area (Å²) in [6, 6.07) is 2.96. The Bertz CT molecular complexity index is 851. The van der Waals surface area contributed by atoms with Gasteiger partial charge in [-0.15, -0.1) is 11.3 Å². The molecule has 0 spiro atoms. The number of nitrogens with one attached hydrogen (secondary N) is 2. The van der Waals surface area contributed by atoms with E-state index in [0.717, 1.165) is 54.3 Å². The van der Waals surface area contributed by atoms with Crippen molar-refractivity contribution in [1.29, 1.82) is 0 Å². The highest BCUT2D eigenvalue weighted by Crippen LogP contribution is 2.38. The Hall–Kier alpha value is -2.48. The molecule has 0 saturated heterocycles. The molecule has 0 atom stereocenters. The van der Waals surface area contributed by atoms with Gasteiger partial charge in [-0.2, -0.15) is 0 Å². The lowest BCUT2D eigenvalue weighted by Crippen LogP contribution is -2.23. The molecule has 1 amide bonds. The summed E-state index contributed by atoms with van der Waals surface area (Å²) in [5.41, 5.74) is 1.24. The first-order valence-corrected chi connectivity index (χ1v) is 9.03. The maximum atomic E-state index is 13.6. The van der Waals surface area contributed by atoms with Crippen molar-refractivity contribution in [3.8, 4) is 0 Å². The van der Waals surface area contributed by atoms with Crippen LogP contribution in [0.3, 0.4) is 0 Å². The Morgan fingerprint density at radius 1 is 1.23 bits per heavy atom. The molecule has 1 aliphatic rings. The summed E-state index contributed by atoms with van der Waals surface area (Å²) in [4.78, 5) is 25.4. The number of hydrogen-bond donors (Lipinski definition) is 2. The monoisotopic (exact) mass is 380 g/mol. The summed E-state index contributed by atoms with van der Waals surface area (Å²) in [5.74, 6) is -2.20. The molecule has 0 radical (unpaired) electrons. The molecule has 0 unspecified atom stereocenters. The van der Waals surface area contributed by atoms with E-state index in [1.165, 1.54) is 18.4 Å². The fourth-order valence-electron chi connectivity index (χ4n) is 2.95. The lowest BCUT2D eigenvalue weighted by atomic mass is 9.95. The smallest absolute Gasteiger partial charge is 0.341 e. The van der Waals surface area contributed by atoms with Crippen LogP contribution in [0.4, 0.5) is 19.5 Å². The largest absolute Gasteiger partial charge is 0.465 e. The topological polar surface area (TPSA) is 67.4 Å². The highest BCUT2D eigenvalue weighted by molar-refractivity contribution is 7.17. The number of benzene rings is 1. The summed E-state index contributed by atoms with van der Waals surface area (Å²) < 4.78 is 31.6. The normalized spacial score (nSPS) is 13.0. The number of halogens is 2. The van der Waals surface area contributed by atoms with Gasteiger partial charge in [-0.05, 0) is 49.4 Å². The first kappa shape index (κ1) is 18.3. The molecule has 1 aromatic heterocycles. The molecule has 138 valence electrons. The van der Waals surface area contributed by atoms with E-state index < -0.39 is 23.5 Å². The number of aryl methyl sites for hydroxylation is 1. The number of hydrogen-bond acceptors (Lipinski definition) is 5. The third kappa shape index (κ3) is 3.85. The number of carbonyl (C=O) groups is 2. The van der Waals surface area contributed by atoms with Gasteiger partial charge in [0.1, 0.15) is 16.6 Å². The van der Waals surface area contributed by atoms with Crippen molar-refractivity contribution in [3.05, 3.63) is 45.8 Å². The van der Waals surface area contributed by atoms with Crippen molar-refractivity contribution < 1.29 is 23.1 Å². The average Bonchev–Trinajstić information content (AvgIpc) is 2.99. The van der Waals surface area contributed by atoms with Crippen molar-refractivity contribution in [2.45, 2.75) is 25.7 Å². The lowest BCUT2D eigenvalue weighted by molar-refractivity contribution is -0.114. The van der Waals surface area contributed by atoms with Gasteiger partial charge in [-0.25, -0.2) is 13.6 Å². The number of ether oxygens (including phenoxy) is 1. The molecule has 5 nitrogen and oxygen atoms in total. The lowest BCUT2D eigenvalue weighted by Gasteiger charge is -2.12. The molecular weight excluding hydrogens is 362 g/mol. The van der Waals surface area contributed by atoms with E-state index in [1.807, 2.05) is 0 Å². The van der Waals surface area contributed by atoms with Gasteiger partial charge < -0.3 is 15.4 Å². The maximum Gasteiger partial charge on any atom is 0.341 e. The molecule has 2 aromatic rings. The predicted octanol–water partition coefficient (Wildman–Crippen LogP) is 3.74. The van der Waals surface area contributed by atoms with E-state index in [1.54, 1.807) is 0 Å². The summed E-state index contributed by atoms with van der Waals surface area (Å²) in [6.45, 7) is -0.260. The maximum absolute atomic E-state index is 13.6. The Morgan fingerprint density at radius 3 is 2.77 bits per heavy atom. The minimum absolute atomic E-state index is 0.0983. The second kappa shape index (κ2) is 7.82. The van der Waals surface area contributed by atoms with Crippen molar-refractivity contribution in [3.63, 3.8) is 0 Å². The summed E-state index contributed by atoms with van der Waals surface area (Å²) >= 11 is 1.37. The SMILES string of the molecule is COC(=O)c1c(NC(=O)CNc2cc(F)ccc2F)sc2c1CCCC2. The van der Waals surface area contributed by atoms with Crippen molar-refractivity contribution in [2.75, 3.05) is 24.3 Å². The number of esters is 1. The number of anilines is 2. The second-order valence-corrected chi connectivity index (χ2v) is 7.04. The third-order valence-electron chi connectivity index (χ3n) is 4.18. The van der Waals surface area contributed by atoms with Crippen LogP contribution in [-0.2, 0) is 22.4 Å². The quantitative estimate of drug-likeness (QED) is 0.776. The number of methoxy groups -OCH3 is 1. The third-order valence-corrected chi connectivity index (χ3v) is 5.39. The molecule has 0 fully saturated rings. The minimum Gasteiger partial charge on any atom is -0.465 e. The second-order valence-electron chi connectivity index (χ2n) is 5.93. The summed E-state index contributed by atoms with van der Waals surface area (Å²) in [5, 5.41) is 5.69. The standard InChI is InChI=1S/C18H18F2N2O3S/c1-25-18(24)16-11-4-2-3-5-14(11)26-17(16)22-15(23)9-21-13-8-10(19)6-7-12(13)20/h6-8,21H,2-5,9H2,1H3,(H,22,23). The van der Waals surface area contributed by atoms with Crippen LogP contribution in [-0.4, -0.2) is 25.5 Å². The summed E-state index contributed by atoms with van der Waals surface area (Å²) in [7, 11) is 1.30. The van der Waals surface area contributed by atoms with Crippen LogP contribution >= 0.6 is 11.3 Å². The molecule has 2 N–H and O–H groups in total. The molecule has 1 aromatic carbocycles. The summed E-state index contributed by atoms with van der Waals surface area (Å²) in [6.07, 6.45) is 3.68. The number of carbonyl (C=O) groups excluding carboxylic acids is 2. The molecule has 0 bridgehead atoms. The van der Waals surface area contributed by atoms with E-state index in [-0.39, 0.29) is 12.2 Å². The molecule has 3 rings (SSSR count). The van der Waals surface area contributed by atoms with Crippen LogP contribution in [0.15, 0.2) is 18.2 Å². The van der Waals surface area contributed by atoms with Gasteiger partial charge in [0, 0.05) is 4.88 Å². The van der Waals surface area contributed by atoms with E-state index in [4.69, 9.17) is 4.74 Å². The van der Waals surface area contributed by atoms with E-state index in [2.05, 4.69) is 10.6 Å². The number of fused-ring (bicyclic) bond motifs is 1. The average molecular weight is 380 g/mol. The number of amides is 1. The Morgan fingerprint density at radius 2 is 2.00 bits per heavy atom. The van der Waals surface area contributed by atoms with Gasteiger partial charge in [-0.3, -0.25) is 4.79 Å². The highest BCUT2D eigenvalue weighted by atomic mass is 32.1. The Labute approximate surface area is 153 Å². The predicted molar refractivity (Wildman–Crippen MR) is 95.8 cm³/mol. The molecular formula is C18H18F2N2O3S. The fourth-order valence-corrected chi connectivity index (χ4v) is 4.24. The van der Waals surface area contributed by atoms with Crippen LogP contribution in [0.2, 0.25) is 0 Å². The molecule has 1 heterocycles. The fraction of sp³-hybridized carbons (Fsp3) is 0.333. The van der Waals surface area contributed by atoms with E-state index in [0.29, 0.717) is 10.6 Å². The van der Waals surface area contributed by atoms with Gasteiger partial charge in [0.15, 0.2) is 0 Å². The van der Waals surface area contributed by atoms with Crippen LogP contribution in [0.25, 0.3) is 0 Å².